The van der Waals surface area contributed by atoms with E-state index in [1.807, 2.05) is 0 Å². The number of nitrogen functional groups attached to an aromatic ring is 1. The molecule has 58 valence electrons. The van der Waals surface area contributed by atoms with Crippen LogP contribution in [0.4, 0.5) is 5.82 Å². The number of carbonyl (C=O) groups is 1. The van der Waals surface area contributed by atoms with Crippen LogP contribution in [0, 0.1) is 0 Å². The molecule has 0 aromatic carbocycles. The number of aromatic nitrogens is 1. The maximum atomic E-state index is 10.7. The van der Waals surface area contributed by atoms with Crippen LogP contribution in [0.2, 0.25) is 0 Å². The molecule has 0 aliphatic heterocycles. The van der Waals surface area contributed by atoms with E-state index in [9.17, 15) is 4.79 Å². The first kappa shape index (κ1) is 7.72. The smallest absolute Gasteiger partial charge is 0.134 e. The molecule has 0 fully saturated rings. The van der Waals surface area contributed by atoms with Crippen LogP contribution in [0.15, 0.2) is 18.3 Å². The lowest BCUT2D eigenvalue weighted by molar-refractivity contribution is -0.116. The third kappa shape index (κ3) is 2.37. The van der Waals surface area contributed by atoms with Gasteiger partial charge in [0.15, 0.2) is 0 Å². The fraction of sp³-hybridized carbons (Fsp3) is 0.250. The van der Waals surface area contributed by atoms with Gasteiger partial charge in [-0.05, 0) is 24.6 Å². The molecule has 3 heteroatoms. The van der Waals surface area contributed by atoms with Crippen LogP contribution >= 0.6 is 0 Å². The van der Waals surface area contributed by atoms with Crippen LogP contribution in [-0.2, 0) is 11.2 Å². The molecule has 0 spiro atoms. The summed E-state index contributed by atoms with van der Waals surface area (Å²) in [4.78, 5) is 14.5. The van der Waals surface area contributed by atoms with Gasteiger partial charge in [-0.25, -0.2) is 4.98 Å². The molecular formula is C8H10N2O. The number of carbonyl (C=O) groups excluding carboxylic acids is 1. The normalized spacial score (nSPS) is 9.55. The zero-order valence-corrected chi connectivity index (χ0v) is 6.37. The molecule has 1 aromatic heterocycles. The van der Waals surface area contributed by atoms with E-state index in [1.54, 1.807) is 25.3 Å². The number of nitrogens with zero attached hydrogens (tertiary/aromatic N) is 1. The molecule has 0 saturated carbocycles. The Kier molecular flexibility index (Phi) is 2.21. The Balaban J connectivity index is 2.79. The van der Waals surface area contributed by atoms with Gasteiger partial charge < -0.3 is 5.73 Å². The van der Waals surface area contributed by atoms with Gasteiger partial charge in [0.05, 0.1) is 0 Å². The van der Waals surface area contributed by atoms with Crippen LogP contribution in [-0.4, -0.2) is 10.8 Å². The first-order chi connectivity index (χ1) is 5.18. The number of ketones is 1. The van der Waals surface area contributed by atoms with Gasteiger partial charge in [-0.15, -0.1) is 0 Å². The Bertz CT molecular complexity index is 271. The van der Waals surface area contributed by atoms with Crippen molar-refractivity contribution in [1.82, 2.24) is 4.98 Å². The maximum absolute atomic E-state index is 10.7. The highest BCUT2D eigenvalue weighted by Crippen LogP contribution is 2.03. The molecule has 11 heavy (non-hydrogen) atoms. The first-order valence-corrected chi connectivity index (χ1v) is 3.38. The van der Waals surface area contributed by atoms with E-state index >= 15 is 0 Å². The zero-order valence-electron chi connectivity index (χ0n) is 6.37. The summed E-state index contributed by atoms with van der Waals surface area (Å²) in [5, 5.41) is 0. The summed E-state index contributed by atoms with van der Waals surface area (Å²) in [6, 6.07) is 3.50. The summed E-state index contributed by atoms with van der Waals surface area (Å²) < 4.78 is 0. The molecule has 0 aliphatic carbocycles. The van der Waals surface area contributed by atoms with Gasteiger partial charge >= 0.3 is 0 Å². The third-order valence-corrected chi connectivity index (χ3v) is 1.30. The van der Waals surface area contributed by atoms with Crippen LogP contribution in [0.1, 0.15) is 12.5 Å². The minimum Gasteiger partial charge on any atom is -0.384 e. The van der Waals surface area contributed by atoms with Crippen molar-refractivity contribution >= 4 is 11.6 Å². The largest absolute Gasteiger partial charge is 0.384 e. The maximum Gasteiger partial charge on any atom is 0.134 e. The van der Waals surface area contributed by atoms with Gasteiger partial charge in [-0.1, -0.05) is 0 Å². The third-order valence-electron chi connectivity index (χ3n) is 1.30. The quantitative estimate of drug-likeness (QED) is 0.678. The van der Waals surface area contributed by atoms with Crippen molar-refractivity contribution in [2.45, 2.75) is 13.3 Å². The average molecular weight is 150 g/mol. The van der Waals surface area contributed by atoms with Crippen LogP contribution in [0.25, 0.3) is 0 Å². The molecule has 0 aliphatic rings. The minimum absolute atomic E-state index is 0.135. The molecule has 0 saturated heterocycles. The van der Waals surface area contributed by atoms with Crippen molar-refractivity contribution in [2.24, 2.45) is 0 Å². The number of rotatable bonds is 2. The van der Waals surface area contributed by atoms with Crippen molar-refractivity contribution in [3.8, 4) is 0 Å². The van der Waals surface area contributed by atoms with Crippen molar-refractivity contribution in [1.29, 1.82) is 0 Å². The molecule has 0 atom stereocenters. The highest BCUT2D eigenvalue weighted by Gasteiger charge is 1.96. The van der Waals surface area contributed by atoms with Crippen molar-refractivity contribution < 1.29 is 4.79 Å². The number of hydrogen-bond acceptors (Lipinski definition) is 3. The standard InChI is InChI=1S/C8H10N2O/c1-6(11)4-7-2-3-10-8(9)5-7/h2-3,5H,4H2,1H3,(H2,9,10). The molecule has 1 aromatic rings. The van der Waals surface area contributed by atoms with Gasteiger partial charge in [-0.3, -0.25) is 4.79 Å². The molecule has 2 N–H and O–H groups in total. The first-order valence-electron chi connectivity index (χ1n) is 3.38. The number of hydrogen-bond donors (Lipinski definition) is 1. The summed E-state index contributed by atoms with van der Waals surface area (Å²) >= 11 is 0. The summed E-state index contributed by atoms with van der Waals surface area (Å²) in [6.07, 6.45) is 2.04. The molecule has 0 unspecified atom stereocenters. The molecular weight excluding hydrogens is 140 g/mol. The predicted molar refractivity (Wildman–Crippen MR) is 43.0 cm³/mol. The van der Waals surface area contributed by atoms with E-state index in [0.29, 0.717) is 12.2 Å². The Morgan fingerprint density at radius 1 is 1.73 bits per heavy atom. The van der Waals surface area contributed by atoms with Crippen LogP contribution < -0.4 is 5.73 Å². The molecule has 0 bridgehead atoms. The second-order valence-corrected chi connectivity index (χ2v) is 2.47. The van der Waals surface area contributed by atoms with Gasteiger partial charge in [0.1, 0.15) is 11.6 Å². The SMILES string of the molecule is CC(=O)Cc1ccnc(N)c1. The van der Waals surface area contributed by atoms with E-state index in [0.717, 1.165) is 5.56 Å². The lowest BCUT2D eigenvalue weighted by atomic mass is 10.1. The van der Waals surface area contributed by atoms with E-state index in [-0.39, 0.29) is 5.78 Å². The summed E-state index contributed by atoms with van der Waals surface area (Å²) in [5.74, 6) is 0.597. The summed E-state index contributed by atoms with van der Waals surface area (Å²) in [6.45, 7) is 1.55. The molecule has 0 amide bonds. The van der Waals surface area contributed by atoms with E-state index < -0.39 is 0 Å². The Labute approximate surface area is 65.2 Å². The van der Waals surface area contributed by atoms with Gasteiger partial charge in [0, 0.05) is 12.6 Å². The lowest BCUT2D eigenvalue weighted by Gasteiger charge is -1.96. The zero-order chi connectivity index (χ0) is 8.27. The van der Waals surface area contributed by atoms with Crippen molar-refractivity contribution in [2.75, 3.05) is 5.73 Å². The van der Waals surface area contributed by atoms with Crippen molar-refractivity contribution in [3.63, 3.8) is 0 Å². The number of Topliss-reactive ketones (excluding diaryl/α,β-unsaturated/α-hetero) is 1. The fourth-order valence-electron chi connectivity index (χ4n) is 0.892. The Morgan fingerprint density at radius 2 is 2.45 bits per heavy atom. The highest BCUT2D eigenvalue weighted by molar-refractivity contribution is 5.78. The van der Waals surface area contributed by atoms with Crippen LogP contribution in [0.3, 0.4) is 0 Å². The van der Waals surface area contributed by atoms with E-state index in [2.05, 4.69) is 4.98 Å². The topological polar surface area (TPSA) is 56.0 Å². The fourth-order valence-corrected chi connectivity index (χ4v) is 0.892. The Hall–Kier alpha value is -1.38. The molecule has 3 nitrogen and oxygen atoms in total. The summed E-state index contributed by atoms with van der Waals surface area (Å²) in [7, 11) is 0. The van der Waals surface area contributed by atoms with E-state index in [1.165, 1.54) is 0 Å². The van der Waals surface area contributed by atoms with Gasteiger partial charge in [0.25, 0.3) is 0 Å². The number of anilines is 1. The van der Waals surface area contributed by atoms with Crippen molar-refractivity contribution in [3.05, 3.63) is 23.9 Å². The molecule has 0 radical (unpaired) electrons. The lowest BCUT2D eigenvalue weighted by Crippen LogP contribution is -1.98. The number of pyridine rings is 1. The second kappa shape index (κ2) is 3.14. The summed E-state index contributed by atoms with van der Waals surface area (Å²) in [5.41, 5.74) is 6.33. The van der Waals surface area contributed by atoms with E-state index in [4.69, 9.17) is 5.73 Å². The predicted octanol–water partition coefficient (Wildman–Crippen LogP) is 0.795. The number of nitrogens with two attached hydrogens (primary N) is 1. The molecule has 1 rings (SSSR count). The average Bonchev–Trinajstić information content (AvgIpc) is 1.85. The molecule has 1 heterocycles. The highest BCUT2D eigenvalue weighted by atomic mass is 16.1. The van der Waals surface area contributed by atoms with Crippen LogP contribution in [0.5, 0.6) is 0 Å². The van der Waals surface area contributed by atoms with Gasteiger partial charge in [-0.2, -0.15) is 0 Å². The Morgan fingerprint density at radius 3 is 3.00 bits per heavy atom. The minimum atomic E-state index is 0.135. The van der Waals surface area contributed by atoms with Gasteiger partial charge in [0.2, 0.25) is 0 Å². The monoisotopic (exact) mass is 150 g/mol. The second-order valence-electron chi connectivity index (χ2n) is 2.47.